The predicted octanol–water partition coefficient (Wildman–Crippen LogP) is 0.790. The standard InChI is InChI=1S/C16H21N3O5S3/c1-2-18-14-10-19(12-5-3-11(4-6-12)7-8-20)27(23,24)16-13(14)9-15(25-16)26(17,21)22/h3-6,9,14,18,20H,2,7-8,10H2,1H3,(H2,17,21,22)/t14-/m0/s1. The van der Waals surface area contributed by atoms with Gasteiger partial charge in [0.15, 0.2) is 0 Å². The van der Waals surface area contributed by atoms with E-state index in [1.165, 1.54) is 10.4 Å². The number of nitrogens with one attached hydrogen (secondary N) is 1. The second-order valence-corrected chi connectivity index (χ2v) is 11.0. The van der Waals surface area contributed by atoms with Gasteiger partial charge in [-0.25, -0.2) is 22.0 Å². The monoisotopic (exact) mass is 431 g/mol. The fourth-order valence-electron chi connectivity index (χ4n) is 3.04. The number of nitrogens with two attached hydrogens (primary N) is 1. The predicted molar refractivity (Wildman–Crippen MR) is 104 cm³/mol. The number of thiophene rings is 1. The van der Waals surface area contributed by atoms with E-state index in [2.05, 4.69) is 5.32 Å². The molecule has 0 amide bonds. The highest BCUT2D eigenvalue weighted by Gasteiger charge is 2.40. The van der Waals surface area contributed by atoms with E-state index < -0.39 is 20.0 Å². The molecule has 0 aliphatic carbocycles. The Morgan fingerprint density at radius 1 is 1.33 bits per heavy atom. The Bertz CT molecular complexity index is 1030. The minimum absolute atomic E-state index is 0.0110. The number of hydrogen-bond acceptors (Lipinski definition) is 7. The molecule has 2 heterocycles. The lowest BCUT2D eigenvalue weighted by Crippen LogP contribution is -2.43. The Morgan fingerprint density at radius 3 is 2.56 bits per heavy atom. The van der Waals surface area contributed by atoms with E-state index in [1.807, 2.05) is 6.92 Å². The zero-order chi connectivity index (χ0) is 19.8. The van der Waals surface area contributed by atoms with Gasteiger partial charge in [-0.3, -0.25) is 4.31 Å². The van der Waals surface area contributed by atoms with Crippen LogP contribution in [-0.2, 0) is 26.5 Å². The Hall–Kier alpha value is -1.50. The zero-order valence-electron chi connectivity index (χ0n) is 14.6. The van der Waals surface area contributed by atoms with Gasteiger partial charge in [0.1, 0.15) is 8.42 Å². The quantitative estimate of drug-likeness (QED) is 0.620. The summed E-state index contributed by atoms with van der Waals surface area (Å²) in [6, 6.07) is 7.90. The van der Waals surface area contributed by atoms with Crippen molar-refractivity contribution in [3.05, 3.63) is 41.5 Å². The van der Waals surface area contributed by atoms with Gasteiger partial charge in [0.2, 0.25) is 10.0 Å². The molecule has 11 heteroatoms. The molecule has 27 heavy (non-hydrogen) atoms. The number of nitrogens with zero attached hydrogens (tertiary/aromatic N) is 1. The van der Waals surface area contributed by atoms with E-state index >= 15 is 0 Å². The third kappa shape index (κ3) is 3.89. The largest absolute Gasteiger partial charge is 0.396 e. The number of hydrogen-bond donors (Lipinski definition) is 3. The number of aliphatic hydroxyl groups is 1. The van der Waals surface area contributed by atoms with E-state index in [0.717, 1.165) is 5.56 Å². The summed E-state index contributed by atoms with van der Waals surface area (Å²) in [5.41, 5.74) is 1.81. The van der Waals surface area contributed by atoms with Gasteiger partial charge < -0.3 is 10.4 Å². The van der Waals surface area contributed by atoms with Crippen molar-refractivity contribution in [2.45, 2.75) is 27.8 Å². The average molecular weight is 432 g/mol. The second kappa shape index (κ2) is 7.49. The maximum atomic E-state index is 13.1. The number of sulfonamides is 2. The summed E-state index contributed by atoms with van der Waals surface area (Å²) < 4.78 is 50.8. The number of primary sulfonamides is 1. The van der Waals surface area contributed by atoms with Crippen molar-refractivity contribution < 1.29 is 21.9 Å². The van der Waals surface area contributed by atoms with Crippen molar-refractivity contribution in [3.63, 3.8) is 0 Å². The van der Waals surface area contributed by atoms with Gasteiger partial charge in [-0.2, -0.15) is 0 Å². The molecule has 0 spiro atoms. The molecule has 4 N–H and O–H groups in total. The number of likely N-dealkylation sites (N-methyl/N-ethyl adjacent to an activating group) is 1. The van der Waals surface area contributed by atoms with Crippen LogP contribution in [0.25, 0.3) is 0 Å². The Labute approximate surface area is 162 Å². The highest BCUT2D eigenvalue weighted by atomic mass is 32.3. The van der Waals surface area contributed by atoms with Gasteiger partial charge in [-0.05, 0) is 36.7 Å². The normalized spacial score (nSPS) is 19.1. The van der Waals surface area contributed by atoms with Gasteiger partial charge in [0, 0.05) is 12.2 Å². The summed E-state index contributed by atoms with van der Waals surface area (Å²) in [6.07, 6.45) is 0.486. The fraction of sp³-hybridized carbons (Fsp3) is 0.375. The highest BCUT2D eigenvalue weighted by Crippen LogP contribution is 2.41. The van der Waals surface area contributed by atoms with Gasteiger partial charge in [0.05, 0.1) is 18.3 Å². The first-order chi connectivity index (χ1) is 12.7. The molecule has 0 saturated carbocycles. The van der Waals surface area contributed by atoms with E-state index in [9.17, 15) is 16.8 Å². The number of aliphatic hydroxyl groups excluding tert-OH is 1. The van der Waals surface area contributed by atoms with Crippen molar-refractivity contribution in [1.29, 1.82) is 0 Å². The van der Waals surface area contributed by atoms with E-state index in [-0.39, 0.29) is 27.6 Å². The van der Waals surface area contributed by atoms with Crippen LogP contribution in [0.4, 0.5) is 5.69 Å². The van der Waals surface area contributed by atoms with Crippen molar-refractivity contribution >= 4 is 37.1 Å². The SMILES string of the molecule is CCN[C@H]1CN(c2ccc(CCO)cc2)S(=O)(=O)c2sc(S(N)(=O)=O)cc21. The highest BCUT2D eigenvalue weighted by molar-refractivity contribution is 7.96. The first-order valence-electron chi connectivity index (χ1n) is 8.31. The Balaban J connectivity index is 2.09. The number of rotatable bonds is 6. The number of benzene rings is 1. The van der Waals surface area contributed by atoms with Crippen molar-refractivity contribution in [3.8, 4) is 0 Å². The topological polar surface area (TPSA) is 130 Å². The third-order valence-corrected chi connectivity index (χ3v) is 9.20. The van der Waals surface area contributed by atoms with Crippen LogP contribution >= 0.6 is 11.3 Å². The minimum Gasteiger partial charge on any atom is -0.396 e. The van der Waals surface area contributed by atoms with Crippen LogP contribution in [-0.4, -0.2) is 41.6 Å². The second-order valence-electron chi connectivity index (χ2n) is 6.14. The maximum Gasteiger partial charge on any atom is 0.274 e. The third-order valence-electron chi connectivity index (χ3n) is 4.31. The summed E-state index contributed by atoms with van der Waals surface area (Å²) in [7, 11) is -7.90. The molecule has 0 radical (unpaired) electrons. The molecule has 1 aromatic heterocycles. The van der Waals surface area contributed by atoms with Crippen LogP contribution in [0.1, 0.15) is 24.1 Å². The zero-order valence-corrected chi connectivity index (χ0v) is 17.1. The first-order valence-corrected chi connectivity index (χ1v) is 12.1. The van der Waals surface area contributed by atoms with Crippen molar-refractivity contribution in [2.24, 2.45) is 5.14 Å². The lowest BCUT2D eigenvalue weighted by atomic mass is 10.1. The molecule has 1 aliphatic heterocycles. The van der Waals surface area contributed by atoms with Crippen LogP contribution in [0.15, 0.2) is 38.8 Å². The molecule has 3 rings (SSSR count). The lowest BCUT2D eigenvalue weighted by Gasteiger charge is -2.34. The van der Waals surface area contributed by atoms with Crippen LogP contribution in [0.3, 0.4) is 0 Å². The lowest BCUT2D eigenvalue weighted by molar-refractivity contribution is 0.299. The molecule has 0 fully saturated rings. The first kappa shape index (κ1) is 20.2. The average Bonchev–Trinajstić information content (AvgIpc) is 3.06. The van der Waals surface area contributed by atoms with Crippen molar-refractivity contribution in [1.82, 2.24) is 5.32 Å². The van der Waals surface area contributed by atoms with E-state index in [1.54, 1.807) is 24.3 Å². The fourth-order valence-corrected chi connectivity index (χ4v) is 7.29. The van der Waals surface area contributed by atoms with Gasteiger partial charge >= 0.3 is 0 Å². The van der Waals surface area contributed by atoms with Crippen LogP contribution in [0.2, 0.25) is 0 Å². The van der Waals surface area contributed by atoms with Crippen molar-refractivity contribution in [2.75, 3.05) is 24.0 Å². The minimum atomic E-state index is -4.00. The van der Waals surface area contributed by atoms with Gasteiger partial charge in [0.25, 0.3) is 10.0 Å². The maximum absolute atomic E-state index is 13.1. The Kier molecular flexibility index (Phi) is 5.62. The Morgan fingerprint density at radius 2 is 2.00 bits per heavy atom. The number of anilines is 1. The number of fused-ring (bicyclic) bond motifs is 1. The van der Waals surface area contributed by atoms with Crippen LogP contribution in [0, 0.1) is 0 Å². The van der Waals surface area contributed by atoms with Crippen LogP contribution in [0.5, 0.6) is 0 Å². The molecule has 8 nitrogen and oxygen atoms in total. The molecule has 1 aromatic carbocycles. The summed E-state index contributed by atoms with van der Waals surface area (Å²) >= 11 is 0.673. The van der Waals surface area contributed by atoms with Gasteiger partial charge in [-0.1, -0.05) is 19.1 Å². The smallest absolute Gasteiger partial charge is 0.274 e. The summed E-state index contributed by atoms with van der Waals surface area (Å²) in [6.45, 7) is 2.64. The molecular weight excluding hydrogens is 410 g/mol. The molecule has 2 aromatic rings. The van der Waals surface area contributed by atoms with Gasteiger partial charge in [-0.15, -0.1) is 11.3 Å². The summed E-state index contributed by atoms with van der Waals surface area (Å²) in [5, 5.41) is 17.4. The van der Waals surface area contributed by atoms with E-state index in [4.69, 9.17) is 10.2 Å². The molecular formula is C16H21N3O5S3. The molecule has 0 bridgehead atoms. The van der Waals surface area contributed by atoms with E-state index in [0.29, 0.717) is 35.6 Å². The molecule has 1 atom stereocenters. The molecule has 0 saturated heterocycles. The molecule has 148 valence electrons. The molecule has 1 aliphatic rings. The summed E-state index contributed by atoms with van der Waals surface area (Å²) in [4.78, 5) is 0. The van der Waals surface area contributed by atoms with Crippen LogP contribution < -0.4 is 14.8 Å². The summed E-state index contributed by atoms with van der Waals surface area (Å²) in [5.74, 6) is 0. The molecule has 0 unspecified atom stereocenters.